The molecule has 15 heavy (non-hydrogen) atoms. The van der Waals surface area contributed by atoms with E-state index in [1.807, 2.05) is 13.8 Å². The number of aromatic nitrogens is 5. The van der Waals surface area contributed by atoms with Gasteiger partial charge in [0, 0.05) is 6.04 Å². The summed E-state index contributed by atoms with van der Waals surface area (Å²) in [5.41, 5.74) is 0.598. The van der Waals surface area contributed by atoms with Crippen LogP contribution in [0.4, 0.5) is 4.39 Å². The molecule has 0 saturated heterocycles. The van der Waals surface area contributed by atoms with Crippen molar-refractivity contribution in [1.29, 1.82) is 0 Å². The molecule has 0 N–H and O–H groups in total. The quantitative estimate of drug-likeness (QED) is 0.748. The molecule has 5 nitrogen and oxygen atoms in total. The van der Waals surface area contributed by atoms with Crippen molar-refractivity contribution < 1.29 is 4.39 Å². The van der Waals surface area contributed by atoms with E-state index in [2.05, 4.69) is 20.3 Å². The van der Waals surface area contributed by atoms with Crippen LogP contribution in [0.3, 0.4) is 0 Å². The number of hydrogen-bond donors (Lipinski definition) is 0. The highest BCUT2D eigenvalue weighted by Crippen LogP contribution is 2.16. The molecule has 0 aliphatic heterocycles. The molecule has 0 bridgehead atoms. The number of nitrogens with zero attached hydrogens (tertiary/aromatic N) is 5. The van der Waals surface area contributed by atoms with E-state index < -0.39 is 5.82 Å². The molecule has 6 heteroatoms. The Labute approximate surface area is 86.0 Å². The molecule has 0 aromatic carbocycles. The largest absolute Gasteiger partial charge is 0.249 e. The van der Waals surface area contributed by atoms with Gasteiger partial charge in [-0.15, -0.1) is 5.10 Å². The maximum atomic E-state index is 13.3. The summed E-state index contributed by atoms with van der Waals surface area (Å²) in [6.07, 6.45) is 4.06. The lowest BCUT2D eigenvalue weighted by Crippen LogP contribution is -2.00. The van der Waals surface area contributed by atoms with Crippen molar-refractivity contribution in [3.63, 3.8) is 0 Å². The summed E-state index contributed by atoms with van der Waals surface area (Å²) in [5, 5.41) is 7.72. The average molecular weight is 207 g/mol. The summed E-state index contributed by atoms with van der Waals surface area (Å²) in [6.45, 7) is 3.93. The Bertz CT molecular complexity index is 465. The van der Waals surface area contributed by atoms with Crippen LogP contribution in [0.15, 0.2) is 18.7 Å². The molecule has 2 aromatic heterocycles. The molecule has 2 rings (SSSR count). The molecular weight excluding hydrogens is 197 g/mol. The van der Waals surface area contributed by atoms with Gasteiger partial charge >= 0.3 is 0 Å². The standard InChI is InChI=1S/C9H10FN5/c1-6(2)15-4-8(13-14-15)9-7(10)3-11-5-12-9/h3-6H,1-2H3. The van der Waals surface area contributed by atoms with Crippen LogP contribution in [0, 0.1) is 5.82 Å². The highest BCUT2D eigenvalue weighted by atomic mass is 19.1. The van der Waals surface area contributed by atoms with Gasteiger partial charge < -0.3 is 0 Å². The SMILES string of the molecule is CC(C)n1cc(-c2ncncc2F)nn1. The Morgan fingerprint density at radius 2 is 2.20 bits per heavy atom. The zero-order chi connectivity index (χ0) is 10.8. The van der Waals surface area contributed by atoms with E-state index in [0.29, 0.717) is 5.69 Å². The van der Waals surface area contributed by atoms with E-state index in [1.54, 1.807) is 10.9 Å². The van der Waals surface area contributed by atoms with Crippen LogP contribution >= 0.6 is 0 Å². The number of halogens is 1. The van der Waals surface area contributed by atoms with Gasteiger partial charge in [-0.3, -0.25) is 0 Å². The van der Waals surface area contributed by atoms with Gasteiger partial charge in [0.2, 0.25) is 0 Å². The van der Waals surface area contributed by atoms with Gasteiger partial charge in [0.1, 0.15) is 17.7 Å². The van der Waals surface area contributed by atoms with Crippen molar-refractivity contribution in [2.45, 2.75) is 19.9 Å². The van der Waals surface area contributed by atoms with Crippen molar-refractivity contribution in [3.8, 4) is 11.4 Å². The maximum absolute atomic E-state index is 13.3. The second-order valence-electron chi connectivity index (χ2n) is 3.40. The highest BCUT2D eigenvalue weighted by Gasteiger charge is 2.11. The Morgan fingerprint density at radius 3 is 2.80 bits per heavy atom. The summed E-state index contributed by atoms with van der Waals surface area (Å²) in [6, 6.07) is 0.191. The third kappa shape index (κ3) is 1.83. The Balaban J connectivity index is 2.42. The summed E-state index contributed by atoms with van der Waals surface area (Å²) >= 11 is 0. The second-order valence-corrected chi connectivity index (χ2v) is 3.40. The lowest BCUT2D eigenvalue weighted by molar-refractivity contribution is 0.514. The first-order chi connectivity index (χ1) is 7.18. The van der Waals surface area contributed by atoms with E-state index in [0.717, 1.165) is 6.20 Å². The normalized spacial score (nSPS) is 10.9. The zero-order valence-electron chi connectivity index (χ0n) is 8.42. The van der Waals surface area contributed by atoms with Crippen LogP contribution in [0.2, 0.25) is 0 Å². The van der Waals surface area contributed by atoms with E-state index >= 15 is 0 Å². The molecule has 2 aromatic rings. The predicted molar refractivity (Wildman–Crippen MR) is 51.4 cm³/mol. The van der Waals surface area contributed by atoms with Crippen molar-refractivity contribution in [2.75, 3.05) is 0 Å². The first kappa shape index (κ1) is 9.70. The first-order valence-corrected chi connectivity index (χ1v) is 4.56. The third-order valence-corrected chi connectivity index (χ3v) is 1.95. The molecule has 0 spiro atoms. The fourth-order valence-electron chi connectivity index (χ4n) is 1.14. The maximum Gasteiger partial charge on any atom is 0.169 e. The van der Waals surface area contributed by atoms with Crippen LogP contribution in [-0.2, 0) is 0 Å². The summed E-state index contributed by atoms with van der Waals surface area (Å²) in [7, 11) is 0. The van der Waals surface area contributed by atoms with Crippen molar-refractivity contribution in [1.82, 2.24) is 25.0 Å². The molecule has 0 aliphatic rings. The summed E-state index contributed by atoms with van der Waals surface area (Å²) < 4.78 is 14.9. The molecule has 2 heterocycles. The van der Waals surface area contributed by atoms with Crippen LogP contribution in [-0.4, -0.2) is 25.0 Å². The Hall–Kier alpha value is -1.85. The van der Waals surface area contributed by atoms with E-state index in [-0.39, 0.29) is 11.7 Å². The smallest absolute Gasteiger partial charge is 0.169 e. The van der Waals surface area contributed by atoms with Crippen LogP contribution in [0.25, 0.3) is 11.4 Å². The molecular formula is C9H10FN5. The number of hydrogen-bond acceptors (Lipinski definition) is 4. The minimum absolute atomic E-state index is 0.178. The molecule has 78 valence electrons. The number of rotatable bonds is 2. The molecule has 0 atom stereocenters. The van der Waals surface area contributed by atoms with Gasteiger partial charge in [-0.05, 0) is 13.8 Å². The van der Waals surface area contributed by atoms with Crippen molar-refractivity contribution >= 4 is 0 Å². The van der Waals surface area contributed by atoms with Gasteiger partial charge in [-0.2, -0.15) is 0 Å². The topological polar surface area (TPSA) is 56.5 Å². The van der Waals surface area contributed by atoms with Crippen molar-refractivity contribution in [3.05, 3.63) is 24.5 Å². The average Bonchev–Trinajstić information content (AvgIpc) is 2.67. The van der Waals surface area contributed by atoms with E-state index in [4.69, 9.17) is 0 Å². The van der Waals surface area contributed by atoms with Gasteiger partial charge in [-0.25, -0.2) is 19.0 Å². The van der Waals surface area contributed by atoms with E-state index in [9.17, 15) is 4.39 Å². The first-order valence-electron chi connectivity index (χ1n) is 4.56. The summed E-state index contributed by atoms with van der Waals surface area (Å²) in [5.74, 6) is -0.492. The lowest BCUT2D eigenvalue weighted by Gasteiger charge is -2.01. The Kier molecular flexibility index (Phi) is 2.40. The van der Waals surface area contributed by atoms with Gasteiger partial charge in [-0.1, -0.05) is 5.21 Å². The molecule has 0 radical (unpaired) electrons. The fourth-order valence-corrected chi connectivity index (χ4v) is 1.14. The van der Waals surface area contributed by atoms with Crippen LogP contribution in [0.5, 0.6) is 0 Å². The lowest BCUT2D eigenvalue weighted by atomic mass is 10.3. The fraction of sp³-hybridized carbons (Fsp3) is 0.333. The predicted octanol–water partition coefficient (Wildman–Crippen LogP) is 1.46. The molecule has 0 fully saturated rings. The monoisotopic (exact) mass is 207 g/mol. The molecule has 0 unspecified atom stereocenters. The van der Waals surface area contributed by atoms with Crippen LogP contribution < -0.4 is 0 Å². The van der Waals surface area contributed by atoms with Crippen LogP contribution in [0.1, 0.15) is 19.9 Å². The summed E-state index contributed by atoms with van der Waals surface area (Å²) in [4.78, 5) is 7.39. The molecule has 0 saturated carbocycles. The molecule has 0 aliphatic carbocycles. The molecule has 0 amide bonds. The Morgan fingerprint density at radius 1 is 1.40 bits per heavy atom. The highest BCUT2D eigenvalue weighted by molar-refractivity contribution is 5.51. The third-order valence-electron chi connectivity index (χ3n) is 1.95. The van der Waals surface area contributed by atoms with E-state index in [1.165, 1.54) is 6.33 Å². The van der Waals surface area contributed by atoms with Gasteiger partial charge in [0.25, 0.3) is 0 Å². The van der Waals surface area contributed by atoms with Crippen molar-refractivity contribution in [2.24, 2.45) is 0 Å². The minimum Gasteiger partial charge on any atom is -0.249 e. The van der Waals surface area contributed by atoms with Gasteiger partial charge in [0.05, 0.1) is 12.4 Å². The second kappa shape index (κ2) is 3.72. The minimum atomic E-state index is -0.492. The van der Waals surface area contributed by atoms with Gasteiger partial charge in [0.15, 0.2) is 5.82 Å². The zero-order valence-corrected chi connectivity index (χ0v) is 8.42.